The zero-order valence-electron chi connectivity index (χ0n) is 13.0. The quantitative estimate of drug-likeness (QED) is 0.614. The van der Waals surface area contributed by atoms with Gasteiger partial charge in [-0.05, 0) is 21.8 Å². The fourth-order valence-electron chi connectivity index (χ4n) is 2.28. The highest BCUT2D eigenvalue weighted by atomic mass is 79.9. The van der Waals surface area contributed by atoms with E-state index >= 15 is 0 Å². The van der Waals surface area contributed by atoms with E-state index < -0.39 is 11.0 Å². The van der Waals surface area contributed by atoms with Crippen LogP contribution in [0.2, 0.25) is 0 Å². The molecule has 1 unspecified atom stereocenters. The Kier molecular flexibility index (Phi) is 5.89. The van der Waals surface area contributed by atoms with Gasteiger partial charge in [0.05, 0.1) is 22.6 Å². The van der Waals surface area contributed by atoms with E-state index in [9.17, 15) is 14.9 Å². The number of nitrogens with zero attached hydrogens (tertiary/aromatic N) is 3. The number of hydrogen-bond donors (Lipinski definition) is 1. The molecule has 1 atom stereocenters. The second-order valence-corrected chi connectivity index (χ2v) is 6.44. The minimum absolute atomic E-state index is 0.0182. The van der Waals surface area contributed by atoms with Crippen molar-refractivity contribution < 1.29 is 14.5 Å². The molecule has 8 nitrogen and oxygen atoms in total. The maximum Gasteiger partial charge on any atom is 0.288 e. The molecule has 126 valence electrons. The molecule has 0 aromatic carbocycles. The minimum atomic E-state index is -0.514. The lowest BCUT2D eigenvalue weighted by atomic mass is 10.0. The number of carbonyl (C=O) groups is 1. The van der Waals surface area contributed by atoms with Crippen LogP contribution in [0.5, 0.6) is 0 Å². The summed E-state index contributed by atoms with van der Waals surface area (Å²) in [5.41, 5.74) is -0.108. The number of rotatable bonds is 5. The molecule has 1 aromatic heterocycles. The summed E-state index contributed by atoms with van der Waals surface area (Å²) in [5.74, 6) is 0.431. The Labute approximate surface area is 142 Å². The Morgan fingerprint density at radius 1 is 1.48 bits per heavy atom. The van der Waals surface area contributed by atoms with Crippen LogP contribution in [0.15, 0.2) is 16.7 Å². The summed E-state index contributed by atoms with van der Waals surface area (Å²) in [4.78, 5) is 28.8. The number of nitro groups is 1. The maximum absolute atomic E-state index is 12.7. The van der Waals surface area contributed by atoms with E-state index in [0.717, 1.165) is 0 Å². The fraction of sp³-hybridized carbons (Fsp3) is 0.571. The van der Waals surface area contributed by atoms with Crippen LogP contribution >= 0.6 is 15.9 Å². The zero-order chi connectivity index (χ0) is 17.0. The van der Waals surface area contributed by atoms with E-state index in [1.807, 2.05) is 13.8 Å². The van der Waals surface area contributed by atoms with Crippen molar-refractivity contribution in [2.45, 2.75) is 19.9 Å². The lowest BCUT2D eigenvalue weighted by Gasteiger charge is -2.32. The molecular weight excluding hydrogens is 368 g/mol. The van der Waals surface area contributed by atoms with Crippen LogP contribution in [0, 0.1) is 16.0 Å². The van der Waals surface area contributed by atoms with Crippen LogP contribution in [0.25, 0.3) is 0 Å². The van der Waals surface area contributed by atoms with Crippen molar-refractivity contribution >= 4 is 33.3 Å². The number of ether oxygens (including phenoxy) is 1. The third-order valence-corrected chi connectivity index (χ3v) is 4.19. The second kappa shape index (κ2) is 7.69. The first-order valence-corrected chi connectivity index (χ1v) is 8.12. The summed E-state index contributed by atoms with van der Waals surface area (Å²) < 4.78 is 5.72. The predicted molar refractivity (Wildman–Crippen MR) is 88.2 cm³/mol. The topological polar surface area (TPSA) is 97.6 Å². The number of halogens is 1. The molecule has 0 spiro atoms. The SMILES string of the molecule is CC(C)C(Nc1ncc([N+](=O)[O-])cc1Br)C(=O)N1CCOCC1. The third-order valence-electron chi connectivity index (χ3n) is 3.59. The minimum Gasteiger partial charge on any atom is -0.378 e. The van der Waals surface area contributed by atoms with Crippen molar-refractivity contribution in [1.82, 2.24) is 9.88 Å². The summed E-state index contributed by atoms with van der Waals surface area (Å²) in [5, 5.41) is 13.9. The second-order valence-electron chi connectivity index (χ2n) is 5.58. The number of morpholine rings is 1. The smallest absolute Gasteiger partial charge is 0.288 e. The van der Waals surface area contributed by atoms with Gasteiger partial charge >= 0.3 is 0 Å². The van der Waals surface area contributed by atoms with Crippen LogP contribution in [0.1, 0.15) is 13.8 Å². The summed E-state index contributed by atoms with van der Waals surface area (Å²) >= 11 is 3.26. The first-order valence-electron chi connectivity index (χ1n) is 7.33. The summed E-state index contributed by atoms with van der Waals surface area (Å²) in [7, 11) is 0. The highest BCUT2D eigenvalue weighted by molar-refractivity contribution is 9.10. The first kappa shape index (κ1) is 17.6. The molecule has 0 aliphatic carbocycles. The molecule has 9 heteroatoms. The van der Waals surface area contributed by atoms with Crippen LogP contribution < -0.4 is 5.32 Å². The summed E-state index contributed by atoms with van der Waals surface area (Å²) in [6.45, 7) is 6.09. The lowest BCUT2D eigenvalue weighted by Crippen LogP contribution is -2.50. The van der Waals surface area contributed by atoms with Gasteiger partial charge < -0.3 is 15.0 Å². The molecule has 1 fully saturated rings. The highest BCUT2D eigenvalue weighted by Crippen LogP contribution is 2.26. The number of anilines is 1. The Hall–Kier alpha value is -1.74. The van der Waals surface area contributed by atoms with E-state index in [0.29, 0.717) is 36.6 Å². The van der Waals surface area contributed by atoms with Gasteiger partial charge in [-0.15, -0.1) is 0 Å². The van der Waals surface area contributed by atoms with Crippen LogP contribution in [0.3, 0.4) is 0 Å². The van der Waals surface area contributed by atoms with Gasteiger partial charge in [-0.1, -0.05) is 13.8 Å². The zero-order valence-corrected chi connectivity index (χ0v) is 14.6. The molecular formula is C14H19BrN4O4. The fourth-order valence-corrected chi connectivity index (χ4v) is 2.73. The normalized spacial score (nSPS) is 16.3. The maximum atomic E-state index is 12.7. The third kappa shape index (κ3) is 4.38. The first-order chi connectivity index (χ1) is 10.9. The molecule has 0 bridgehead atoms. The van der Waals surface area contributed by atoms with Crippen molar-refractivity contribution in [3.8, 4) is 0 Å². The summed E-state index contributed by atoms with van der Waals surface area (Å²) in [6.07, 6.45) is 1.17. The number of pyridine rings is 1. The molecule has 1 saturated heterocycles. The van der Waals surface area contributed by atoms with Gasteiger partial charge in [0.25, 0.3) is 5.69 Å². The predicted octanol–water partition coefficient (Wildman–Crippen LogP) is 2.05. The van der Waals surface area contributed by atoms with E-state index in [4.69, 9.17) is 4.74 Å². The Bertz CT molecular complexity index is 590. The number of carbonyl (C=O) groups excluding carboxylic acids is 1. The van der Waals surface area contributed by atoms with Crippen LogP contribution in [0.4, 0.5) is 11.5 Å². The van der Waals surface area contributed by atoms with Crippen LogP contribution in [-0.2, 0) is 9.53 Å². The number of amides is 1. The van der Waals surface area contributed by atoms with E-state index in [1.165, 1.54) is 12.3 Å². The molecule has 2 heterocycles. The Balaban J connectivity index is 2.16. The molecule has 1 aliphatic rings. The van der Waals surface area contributed by atoms with Crippen molar-refractivity contribution in [3.63, 3.8) is 0 Å². The Morgan fingerprint density at radius 2 is 2.13 bits per heavy atom. The lowest BCUT2D eigenvalue weighted by molar-refractivity contribution is -0.385. The molecule has 0 radical (unpaired) electrons. The number of hydrogen-bond acceptors (Lipinski definition) is 6. The molecule has 2 rings (SSSR count). The van der Waals surface area contributed by atoms with Gasteiger partial charge in [-0.3, -0.25) is 14.9 Å². The van der Waals surface area contributed by atoms with Gasteiger partial charge in [0.15, 0.2) is 0 Å². The van der Waals surface area contributed by atoms with Gasteiger partial charge in [0, 0.05) is 19.2 Å². The summed E-state index contributed by atoms with van der Waals surface area (Å²) in [6, 6.07) is 0.907. The molecule has 1 aromatic rings. The average molecular weight is 387 g/mol. The van der Waals surface area contributed by atoms with E-state index in [1.54, 1.807) is 4.90 Å². The van der Waals surface area contributed by atoms with Crippen molar-refractivity contribution in [1.29, 1.82) is 0 Å². The van der Waals surface area contributed by atoms with Crippen molar-refractivity contribution in [2.75, 3.05) is 31.6 Å². The van der Waals surface area contributed by atoms with E-state index in [-0.39, 0.29) is 17.5 Å². The largest absolute Gasteiger partial charge is 0.378 e. The van der Waals surface area contributed by atoms with Crippen molar-refractivity contribution in [2.24, 2.45) is 5.92 Å². The number of aromatic nitrogens is 1. The van der Waals surface area contributed by atoms with Gasteiger partial charge in [0.1, 0.15) is 18.1 Å². The highest BCUT2D eigenvalue weighted by Gasteiger charge is 2.29. The molecule has 23 heavy (non-hydrogen) atoms. The standard InChI is InChI=1S/C14H19BrN4O4/c1-9(2)12(14(20)18-3-5-23-6-4-18)17-13-11(15)7-10(8-16-13)19(21)22/h7-9,12H,3-6H2,1-2H3,(H,16,17). The Morgan fingerprint density at radius 3 is 2.65 bits per heavy atom. The van der Waals surface area contributed by atoms with Gasteiger partial charge in [-0.25, -0.2) is 4.98 Å². The average Bonchev–Trinajstić information content (AvgIpc) is 2.53. The molecule has 1 aliphatic heterocycles. The van der Waals surface area contributed by atoms with Crippen molar-refractivity contribution in [3.05, 3.63) is 26.9 Å². The molecule has 0 saturated carbocycles. The van der Waals surface area contributed by atoms with Gasteiger partial charge in [0.2, 0.25) is 5.91 Å². The molecule has 1 N–H and O–H groups in total. The van der Waals surface area contributed by atoms with Crippen LogP contribution in [-0.4, -0.2) is 53.1 Å². The number of nitrogens with one attached hydrogen (secondary N) is 1. The molecule has 1 amide bonds. The van der Waals surface area contributed by atoms with E-state index in [2.05, 4.69) is 26.2 Å². The monoisotopic (exact) mass is 386 g/mol. The van der Waals surface area contributed by atoms with Gasteiger partial charge in [-0.2, -0.15) is 0 Å².